The monoisotopic (exact) mass is 334 g/mol. The van der Waals surface area contributed by atoms with E-state index >= 15 is 0 Å². The van der Waals surface area contributed by atoms with Crippen LogP contribution in [0.25, 0.3) is 0 Å². The summed E-state index contributed by atoms with van der Waals surface area (Å²) in [6, 6.07) is 0. The smallest absolute Gasteiger partial charge is 0.410 e. The number of nitrogens with one attached hydrogen (secondary N) is 1. The van der Waals surface area contributed by atoms with Crippen molar-refractivity contribution < 1.29 is 19.4 Å². The minimum atomic E-state index is -1.06. The Balaban J connectivity index is 2.05. The largest absolute Gasteiger partial charge is 0.479 e. The molecule has 0 fully saturated rings. The topological polar surface area (TPSA) is 78.9 Å². The Bertz CT molecular complexity index is 613. The second-order valence-electron chi connectivity index (χ2n) is 7.10. The van der Waals surface area contributed by atoms with Crippen LogP contribution in [0.4, 0.5) is 4.79 Å². The summed E-state index contributed by atoms with van der Waals surface area (Å²) in [5.74, 6) is -0.890. The van der Waals surface area contributed by atoms with Gasteiger partial charge in [-0.15, -0.1) is 0 Å². The van der Waals surface area contributed by atoms with Gasteiger partial charge >= 0.3 is 12.1 Å². The number of carboxylic acid groups (broad SMARTS) is 1. The Hall–Kier alpha value is -2.24. The minimum absolute atomic E-state index is 0.322. The van der Waals surface area contributed by atoms with E-state index < -0.39 is 17.1 Å². The maximum absolute atomic E-state index is 12.1. The van der Waals surface area contributed by atoms with Gasteiger partial charge in [-0.3, -0.25) is 0 Å². The van der Waals surface area contributed by atoms with Crippen LogP contribution in [-0.2, 0) is 9.53 Å². The molecule has 24 heavy (non-hydrogen) atoms. The number of amides is 1. The van der Waals surface area contributed by atoms with E-state index in [1.54, 1.807) is 17.1 Å². The Labute approximate surface area is 142 Å². The van der Waals surface area contributed by atoms with Crippen molar-refractivity contribution in [1.29, 1.82) is 0 Å². The highest BCUT2D eigenvalue weighted by molar-refractivity contribution is 5.82. The van der Waals surface area contributed by atoms with Gasteiger partial charge < -0.3 is 20.1 Å². The van der Waals surface area contributed by atoms with Gasteiger partial charge in [0.2, 0.25) is 0 Å². The van der Waals surface area contributed by atoms with Gasteiger partial charge in [0, 0.05) is 18.8 Å². The van der Waals surface area contributed by atoms with E-state index in [1.165, 1.54) is 0 Å². The fourth-order valence-electron chi connectivity index (χ4n) is 2.71. The van der Waals surface area contributed by atoms with Crippen molar-refractivity contribution in [3.8, 4) is 0 Å². The van der Waals surface area contributed by atoms with Gasteiger partial charge in [0.15, 0.2) is 5.54 Å². The molecular weight excluding hydrogens is 308 g/mol. The molecule has 2 aliphatic heterocycles. The molecule has 1 atom stereocenters. The number of hydrogen-bond donors (Lipinski definition) is 2. The number of carbonyl (C=O) groups excluding carboxylic acids is 1. The zero-order valence-electron chi connectivity index (χ0n) is 14.8. The first kappa shape index (κ1) is 18.1. The fourth-order valence-corrected chi connectivity index (χ4v) is 2.71. The van der Waals surface area contributed by atoms with Crippen molar-refractivity contribution in [3.63, 3.8) is 0 Å². The van der Waals surface area contributed by atoms with E-state index in [-0.39, 0.29) is 6.09 Å². The lowest BCUT2D eigenvalue weighted by atomic mass is 9.90. The molecule has 6 heteroatoms. The first-order chi connectivity index (χ1) is 11.2. The summed E-state index contributed by atoms with van der Waals surface area (Å²) in [5, 5.41) is 12.6. The third kappa shape index (κ3) is 3.99. The number of aliphatic carboxylic acids is 1. The van der Waals surface area contributed by atoms with Gasteiger partial charge in [-0.05, 0) is 51.3 Å². The number of carboxylic acids is 1. The molecule has 0 saturated heterocycles. The summed E-state index contributed by atoms with van der Waals surface area (Å²) in [5.41, 5.74) is 0.262. The molecule has 6 nitrogen and oxygen atoms in total. The molecule has 2 rings (SSSR count). The zero-order chi connectivity index (χ0) is 18.0. The van der Waals surface area contributed by atoms with Crippen LogP contribution in [0.2, 0.25) is 0 Å². The van der Waals surface area contributed by atoms with Gasteiger partial charge in [-0.1, -0.05) is 19.1 Å². The van der Waals surface area contributed by atoms with E-state index in [0.29, 0.717) is 25.9 Å². The number of ether oxygens (including phenoxy) is 1. The maximum Gasteiger partial charge on any atom is 0.410 e. The molecule has 0 spiro atoms. The van der Waals surface area contributed by atoms with E-state index in [0.717, 1.165) is 11.3 Å². The van der Waals surface area contributed by atoms with E-state index in [4.69, 9.17) is 4.74 Å². The van der Waals surface area contributed by atoms with E-state index in [9.17, 15) is 14.7 Å². The molecule has 1 unspecified atom stereocenters. The highest BCUT2D eigenvalue weighted by atomic mass is 16.6. The molecule has 1 amide bonds. The van der Waals surface area contributed by atoms with Crippen molar-refractivity contribution in [2.24, 2.45) is 0 Å². The van der Waals surface area contributed by atoms with Crippen LogP contribution in [0.15, 0.2) is 35.6 Å². The van der Waals surface area contributed by atoms with Crippen LogP contribution in [0.1, 0.15) is 40.5 Å². The van der Waals surface area contributed by atoms with Gasteiger partial charge in [0.05, 0.1) is 0 Å². The van der Waals surface area contributed by atoms with Crippen molar-refractivity contribution in [3.05, 3.63) is 35.6 Å². The van der Waals surface area contributed by atoms with Gasteiger partial charge in [0.1, 0.15) is 5.60 Å². The molecule has 2 aliphatic rings. The van der Waals surface area contributed by atoms with Crippen LogP contribution >= 0.6 is 0 Å². The fraction of sp³-hybridized carbons (Fsp3) is 0.556. The Kier molecular flexibility index (Phi) is 5.06. The highest BCUT2D eigenvalue weighted by Crippen LogP contribution is 2.26. The molecule has 132 valence electrons. The Morgan fingerprint density at radius 3 is 2.62 bits per heavy atom. The summed E-state index contributed by atoms with van der Waals surface area (Å²) in [6.07, 6.45) is 8.08. The average molecular weight is 334 g/mol. The summed E-state index contributed by atoms with van der Waals surface area (Å²) >= 11 is 0. The molecule has 2 heterocycles. The summed E-state index contributed by atoms with van der Waals surface area (Å²) < 4.78 is 5.38. The second-order valence-corrected chi connectivity index (χ2v) is 7.10. The van der Waals surface area contributed by atoms with Crippen molar-refractivity contribution in [2.45, 2.75) is 51.7 Å². The number of carbonyl (C=O) groups is 2. The van der Waals surface area contributed by atoms with Crippen LogP contribution in [-0.4, -0.2) is 46.3 Å². The SMILES string of the molecule is CCC1(C(=O)O)C=CC=C(C2=CCN(C(=O)OC(C)(C)C)CC2)N1. The lowest BCUT2D eigenvalue weighted by molar-refractivity contribution is -0.142. The molecule has 0 bridgehead atoms. The van der Waals surface area contributed by atoms with Crippen LogP contribution in [0, 0.1) is 0 Å². The van der Waals surface area contributed by atoms with Crippen molar-refractivity contribution >= 4 is 12.1 Å². The number of rotatable bonds is 3. The second kappa shape index (κ2) is 6.71. The van der Waals surface area contributed by atoms with Gasteiger partial charge in [0.25, 0.3) is 0 Å². The summed E-state index contributed by atoms with van der Waals surface area (Å²) in [6.45, 7) is 8.38. The van der Waals surface area contributed by atoms with E-state index in [2.05, 4.69) is 5.32 Å². The summed E-state index contributed by atoms with van der Waals surface area (Å²) in [7, 11) is 0. The van der Waals surface area contributed by atoms with Gasteiger partial charge in [-0.25, -0.2) is 9.59 Å². The predicted octanol–water partition coefficient (Wildman–Crippen LogP) is 2.83. The minimum Gasteiger partial charge on any atom is -0.479 e. The molecular formula is C18H26N2O4. The number of dihydropyridines is 1. The molecule has 2 N–H and O–H groups in total. The number of allylic oxidation sites excluding steroid dienone is 3. The molecule has 0 saturated carbocycles. The molecule has 0 aromatic rings. The van der Waals surface area contributed by atoms with E-state index in [1.807, 2.05) is 39.8 Å². The predicted molar refractivity (Wildman–Crippen MR) is 91.5 cm³/mol. The molecule has 0 aromatic heterocycles. The maximum atomic E-state index is 12.1. The first-order valence-corrected chi connectivity index (χ1v) is 8.25. The lowest BCUT2D eigenvalue weighted by Crippen LogP contribution is -2.51. The highest BCUT2D eigenvalue weighted by Gasteiger charge is 2.36. The third-order valence-electron chi connectivity index (χ3n) is 4.15. The first-order valence-electron chi connectivity index (χ1n) is 8.25. The Morgan fingerprint density at radius 2 is 2.12 bits per heavy atom. The standard InChI is InChI=1S/C18H26N2O4/c1-5-18(15(21)22)10-6-7-14(19-18)13-8-11-20(12-9-13)16(23)24-17(2,3)4/h6-8,10,19H,5,9,11-12H2,1-4H3,(H,21,22). The summed E-state index contributed by atoms with van der Waals surface area (Å²) in [4.78, 5) is 25.3. The normalized spacial score (nSPS) is 23.9. The molecule has 0 aromatic carbocycles. The number of nitrogens with zero attached hydrogens (tertiary/aromatic N) is 1. The van der Waals surface area contributed by atoms with Gasteiger partial charge in [-0.2, -0.15) is 0 Å². The lowest BCUT2D eigenvalue weighted by Gasteiger charge is -2.34. The van der Waals surface area contributed by atoms with Crippen LogP contribution in [0.3, 0.4) is 0 Å². The Morgan fingerprint density at radius 1 is 1.42 bits per heavy atom. The average Bonchev–Trinajstić information content (AvgIpc) is 2.53. The van der Waals surface area contributed by atoms with Crippen molar-refractivity contribution in [1.82, 2.24) is 10.2 Å². The quantitative estimate of drug-likeness (QED) is 0.830. The number of hydrogen-bond acceptors (Lipinski definition) is 4. The van der Waals surface area contributed by atoms with Crippen LogP contribution in [0.5, 0.6) is 0 Å². The zero-order valence-corrected chi connectivity index (χ0v) is 14.8. The van der Waals surface area contributed by atoms with Crippen molar-refractivity contribution in [2.75, 3.05) is 13.1 Å². The molecule has 0 radical (unpaired) electrons. The third-order valence-corrected chi connectivity index (χ3v) is 4.15. The molecule has 0 aliphatic carbocycles. The van der Waals surface area contributed by atoms with Crippen LogP contribution < -0.4 is 5.32 Å².